The lowest BCUT2D eigenvalue weighted by molar-refractivity contribution is -0.244. The second kappa shape index (κ2) is 8.01. The summed E-state index contributed by atoms with van der Waals surface area (Å²) in [5.74, 6) is -3.72. The number of nitrogens with zero attached hydrogens (tertiary/aromatic N) is 1. The molecule has 0 N–H and O–H groups in total. The maximum absolute atomic E-state index is 13.0. The summed E-state index contributed by atoms with van der Waals surface area (Å²) in [5.41, 5.74) is -0.803. The van der Waals surface area contributed by atoms with Gasteiger partial charge in [-0.1, -0.05) is 23.7 Å². The van der Waals surface area contributed by atoms with E-state index in [1.165, 1.54) is 13.8 Å². The van der Waals surface area contributed by atoms with E-state index >= 15 is 0 Å². The van der Waals surface area contributed by atoms with E-state index in [0.717, 1.165) is 5.56 Å². The first-order chi connectivity index (χ1) is 14.2. The van der Waals surface area contributed by atoms with E-state index in [-0.39, 0.29) is 6.04 Å². The molecule has 2 atom stereocenters. The Bertz CT molecular complexity index is 872. The summed E-state index contributed by atoms with van der Waals surface area (Å²) < 4.78 is 16.4. The Morgan fingerprint density at radius 2 is 1.81 bits per heavy atom. The summed E-state index contributed by atoms with van der Waals surface area (Å²) >= 11 is 6.25. The second-order valence-corrected chi connectivity index (χ2v) is 10.3. The van der Waals surface area contributed by atoms with Gasteiger partial charge in [0.2, 0.25) is 0 Å². The Morgan fingerprint density at radius 1 is 1.19 bits per heavy atom. The van der Waals surface area contributed by atoms with Gasteiger partial charge in [-0.05, 0) is 58.2 Å². The number of hydrogen-bond donors (Lipinski definition) is 0. The maximum Gasteiger partial charge on any atom is 0.410 e. The molecule has 170 valence electrons. The average Bonchev–Trinajstić information content (AvgIpc) is 2.58. The van der Waals surface area contributed by atoms with Crippen molar-refractivity contribution in [2.24, 2.45) is 5.92 Å². The zero-order valence-corrected chi connectivity index (χ0v) is 19.6. The van der Waals surface area contributed by atoms with Crippen LogP contribution in [0.3, 0.4) is 0 Å². The molecule has 0 aliphatic carbocycles. The first-order valence-electron chi connectivity index (χ1n) is 10.5. The van der Waals surface area contributed by atoms with Crippen molar-refractivity contribution >= 4 is 29.6 Å². The van der Waals surface area contributed by atoms with Crippen LogP contribution < -0.4 is 0 Å². The van der Waals surface area contributed by atoms with Crippen LogP contribution in [0.15, 0.2) is 24.3 Å². The lowest BCUT2D eigenvalue weighted by Crippen LogP contribution is -2.60. The Hall–Kier alpha value is -2.28. The number of cyclic esters (lactones) is 2. The van der Waals surface area contributed by atoms with Gasteiger partial charge in [0.25, 0.3) is 5.79 Å². The van der Waals surface area contributed by atoms with Crippen LogP contribution in [0.5, 0.6) is 0 Å². The van der Waals surface area contributed by atoms with E-state index in [0.29, 0.717) is 24.4 Å². The maximum atomic E-state index is 13.0. The number of halogens is 1. The first-order valence-corrected chi connectivity index (χ1v) is 10.8. The fourth-order valence-electron chi connectivity index (χ4n) is 4.53. The van der Waals surface area contributed by atoms with Crippen molar-refractivity contribution < 1.29 is 28.6 Å². The smallest absolute Gasteiger partial charge is 0.410 e. The number of carbonyl (C=O) groups excluding carboxylic acids is 3. The highest BCUT2D eigenvalue weighted by atomic mass is 35.5. The average molecular weight is 452 g/mol. The highest BCUT2D eigenvalue weighted by molar-refractivity contribution is 6.30. The van der Waals surface area contributed by atoms with Gasteiger partial charge in [0.15, 0.2) is 5.92 Å². The topological polar surface area (TPSA) is 82.1 Å². The summed E-state index contributed by atoms with van der Waals surface area (Å²) in [6.07, 6.45) is 0.281. The largest absolute Gasteiger partial charge is 0.444 e. The molecule has 7 nitrogen and oxygen atoms in total. The van der Waals surface area contributed by atoms with Crippen LogP contribution in [0.25, 0.3) is 0 Å². The number of esters is 2. The molecule has 0 radical (unpaired) electrons. The summed E-state index contributed by atoms with van der Waals surface area (Å²) in [6, 6.07) is 6.84. The van der Waals surface area contributed by atoms with Crippen molar-refractivity contribution in [3.63, 3.8) is 0 Å². The predicted molar refractivity (Wildman–Crippen MR) is 115 cm³/mol. The highest BCUT2D eigenvalue weighted by Gasteiger charge is 2.58. The SMILES string of the molecule is C[C@H]1CC(c2cccc(Cl)c2)(C2C(=O)OC(C)(C)OC2=O)CCN1C(=O)OC(C)(C)C. The Labute approximate surface area is 188 Å². The summed E-state index contributed by atoms with van der Waals surface area (Å²) in [7, 11) is 0. The van der Waals surface area contributed by atoms with Gasteiger partial charge < -0.3 is 19.1 Å². The molecular weight excluding hydrogens is 422 g/mol. The standard InChI is InChI=1S/C23H30ClNO6/c1-14-13-23(15-8-7-9-16(24)12-15,10-11-25(14)20(28)31-21(2,3)4)17-18(26)29-22(5,6)30-19(17)27/h7-9,12,14,17H,10-11,13H2,1-6H3/t14-,23?/m0/s1. The molecule has 1 aromatic rings. The van der Waals surface area contributed by atoms with Crippen molar-refractivity contribution in [1.29, 1.82) is 0 Å². The van der Waals surface area contributed by atoms with E-state index in [9.17, 15) is 14.4 Å². The van der Waals surface area contributed by atoms with E-state index in [2.05, 4.69) is 0 Å². The molecule has 2 fully saturated rings. The van der Waals surface area contributed by atoms with Gasteiger partial charge in [0.1, 0.15) is 5.60 Å². The van der Waals surface area contributed by atoms with E-state index in [4.69, 9.17) is 25.8 Å². The van der Waals surface area contributed by atoms with Gasteiger partial charge in [-0.3, -0.25) is 9.59 Å². The quantitative estimate of drug-likeness (QED) is 0.488. The van der Waals surface area contributed by atoms with Crippen LogP contribution in [-0.2, 0) is 29.2 Å². The minimum absolute atomic E-state index is 0.293. The first kappa shape index (κ1) is 23.4. The van der Waals surface area contributed by atoms with Crippen LogP contribution in [0.2, 0.25) is 5.02 Å². The number of hydrogen-bond acceptors (Lipinski definition) is 6. The molecule has 0 aromatic heterocycles. The van der Waals surface area contributed by atoms with Gasteiger partial charge in [-0.2, -0.15) is 0 Å². The Balaban J connectivity index is 1.99. The molecule has 2 aliphatic rings. The molecule has 2 saturated heterocycles. The molecule has 0 spiro atoms. The van der Waals surface area contributed by atoms with Gasteiger partial charge in [0, 0.05) is 36.9 Å². The highest BCUT2D eigenvalue weighted by Crippen LogP contribution is 2.48. The fraction of sp³-hybridized carbons (Fsp3) is 0.609. The fourth-order valence-corrected chi connectivity index (χ4v) is 4.72. The number of benzene rings is 1. The van der Waals surface area contributed by atoms with Crippen LogP contribution >= 0.6 is 11.6 Å². The molecule has 1 amide bonds. The molecule has 0 bridgehead atoms. The lowest BCUT2D eigenvalue weighted by Gasteiger charge is -2.49. The Morgan fingerprint density at radius 3 is 2.32 bits per heavy atom. The summed E-state index contributed by atoms with van der Waals surface area (Å²) in [5, 5.41) is 0.497. The molecule has 1 aromatic carbocycles. The second-order valence-electron chi connectivity index (χ2n) is 9.82. The van der Waals surface area contributed by atoms with Gasteiger partial charge in [-0.25, -0.2) is 4.79 Å². The normalized spacial score (nSPS) is 26.8. The molecule has 1 unspecified atom stereocenters. The van der Waals surface area contributed by atoms with Crippen molar-refractivity contribution in [2.75, 3.05) is 6.54 Å². The third kappa shape index (κ3) is 4.81. The molecular formula is C23H30ClNO6. The van der Waals surface area contributed by atoms with Gasteiger partial charge >= 0.3 is 18.0 Å². The third-order valence-electron chi connectivity index (χ3n) is 5.73. The summed E-state index contributed by atoms with van der Waals surface area (Å²) in [6.45, 7) is 10.7. The number of piperidine rings is 1. The van der Waals surface area contributed by atoms with E-state index < -0.39 is 40.8 Å². The van der Waals surface area contributed by atoms with Crippen LogP contribution in [0, 0.1) is 5.92 Å². The van der Waals surface area contributed by atoms with Crippen LogP contribution in [-0.4, -0.2) is 46.9 Å². The Kier molecular flexibility index (Phi) is 6.04. The number of rotatable bonds is 2. The molecule has 3 rings (SSSR count). The zero-order chi connectivity index (χ0) is 23.2. The van der Waals surface area contributed by atoms with Crippen LogP contribution in [0.4, 0.5) is 4.79 Å². The predicted octanol–water partition coefficient (Wildman–Crippen LogP) is 4.45. The minimum atomic E-state index is -1.32. The molecule has 2 aliphatic heterocycles. The van der Waals surface area contributed by atoms with E-state index in [1.54, 1.807) is 23.1 Å². The van der Waals surface area contributed by atoms with Gasteiger partial charge in [-0.15, -0.1) is 0 Å². The van der Waals surface area contributed by atoms with E-state index in [1.807, 2.05) is 33.8 Å². The lowest BCUT2D eigenvalue weighted by atomic mass is 9.62. The number of likely N-dealkylation sites (tertiary alicyclic amines) is 1. The monoisotopic (exact) mass is 451 g/mol. The third-order valence-corrected chi connectivity index (χ3v) is 5.97. The number of ether oxygens (including phenoxy) is 3. The molecule has 8 heteroatoms. The van der Waals surface area contributed by atoms with Crippen molar-refractivity contribution in [3.8, 4) is 0 Å². The molecule has 2 heterocycles. The number of carbonyl (C=O) groups is 3. The van der Waals surface area contributed by atoms with Crippen LogP contribution in [0.1, 0.15) is 59.9 Å². The zero-order valence-electron chi connectivity index (χ0n) is 18.9. The van der Waals surface area contributed by atoms with Crippen molar-refractivity contribution in [3.05, 3.63) is 34.9 Å². The van der Waals surface area contributed by atoms with Crippen molar-refractivity contribution in [1.82, 2.24) is 4.90 Å². The molecule has 31 heavy (non-hydrogen) atoms. The van der Waals surface area contributed by atoms with Crippen molar-refractivity contribution in [2.45, 2.75) is 77.2 Å². The van der Waals surface area contributed by atoms with Gasteiger partial charge in [0.05, 0.1) is 0 Å². The summed E-state index contributed by atoms with van der Waals surface area (Å²) in [4.78, 5) is 40.4. The number of amides is 1. The molecule has 0 saturated carbocycles. The minimum Gasteiger partial charge on any atom is -0.444 e.